The Bertz CT molecular complexity index is 487. The molecule has 0 aromatic carbocycles. The van der Waals surface area contributed by atoms with E-state index in [9.17, 15) is 0 Å². The van der Waals surface area contributed by atoms with Crippen molar-refractivity contribution in [1.82, 2.24) is 19.7 Å². The van der Waals surface area contributed by atoms with Gasteiger partial charge in [0.25, 0.3) is 0 Å². The molecule has 2 heterocycles. The summed E-state index contributed by atoms with van der Waals surface area (Å²) in [6.07, 6.45) is 3.02. The molecule has 0 unspecified atom stereocenters. The monoisotopic (exact) mass is 270 g/mol. The van der Waals surface area contributed by atoms with Crippen LogP contribution in [0.15, 0.2) is 17.1 Å². The number of alkyl halides is 1. The van der Waals surface area contributed by atoms with Crippen LogP contribution in [-0.4, -0.2) is 25.6 Å². The molecule has 0 bridgehead atoms. The minimum Gasteiger partial charge on any atom is -0.440 e. The summed E-state index contributed by atoms with van der Waals surface area (Å²) in [5, 5.41) is 9.97. The molecule has 2 rings (SSSR count). The topological polar surface area (TPSA) is 56.7 Å². The van der Waals surface area contributed by atoms with Gasteiger partial charge in [-0.05, 0) is 12.2 Å². The van der Waals surface area contributed by atoms with Crippen LogP contribution in [0.1, 0.15) is 5.69 Å². The SMILES string of the molecule is Cc1ncoc1-c1nncn1C.SC#CCCl. The largest absolute Gasteiger partial charge is 0.440 e. The van der Waals surface area contributed by atoms with E-state index < -0.39 is 0 Å². The third-order valence-corrected chi connectivity index (χ3v) is 2.10. The molecule has 0 aliphatic rings. The third-order valence-electron chi connectivity index (χ3n) is 1.81. The van der Waals surface area contributed by atoms with Crippen LogP contribution < -0.4 is 0 Å². The van der Waals surface area contributed by atoms with E-state index in [0.717, 1.165) is 5.69 Å². The molecule has 0 atom stereocenters. The highest BCUT2D eigenvalue weighted by Crippen LogP contribution is 2.18. The quantitative estimate of drug-likeness (QED) is 0.488. The number of thiol groups is 1. The van der Waals surface area contributed by atoms with Crippen molar-refractivity contribution in [2.45, 2.75) is 6.92 Å². The summed E-state index contributed by atoms with van der Waals surface area (Å²) >= 11 is 8.63. The van der Waals surface area contributed by atoms with E-state index in [-0.39, 0.29) is 0 Å². The van der Waals surface area contributed by atoms with E-state index >= 15 is 0 Å². The molecule has 0 aliphatic heterocycles. The Morgan fingerprint density at radius 3 is 2.71 bits per heavy atom. The molecular formula is C10H11ClN4OS. The van der Waals surface area contributed by atoms with E-state index in [1.54, 1.807) is 10.9 Å². The number of aryl methyl sites for hydroxylation is 2. The highest BCUT2D eigenvalue weighted by Gasteiger charge is 2.11. The molecule has 0 amide bonds. The smallest absolute Gasteiger partial charge is 0.201 e. The second kappa shape index (κ2) is 6.99. The lowest BCUT2D eigenvalue weighted by Gasteiger charge is -1.94. The lowest BCUT2D eigenvalue weighted by Crippen LogP contribution is -1.91. The Labute approximate surface area is 110 Å². The fraction of sp³-hybridized carbons (Fsp3) is 0.300. The minimum atomic E-state index is 0.378. The van der Waals surface area contributed by atoms with Gasteiger partial charge in [0.15, 0.2) is 12.2 Å². The van der Waals surface area contributed by atoms with E-state index in [2.05, 4.69) is 39.0 Å². The van der Waals surface area contributed by atoms with Crippen molar-refractivity contribution < 1.29 is 4.42 Å². The van der Waals surface area contributed by atoms with Gasteiger partial charge in [0, 0.05) is 7.05 Å². The van der Waals surface area contributed by atoms with Gasteiger partial charge in [0.2, 0.25) is 5.82 Å². The summed E-state index contributed by atoms with van der Waals surface area (Å²) in [5.74, 6) is 4.24. The average molecular weight is 271 g/mol. The van der Waals surface area contributed by atoms with Gasteiger partial charge < -0.3 is 8.98 Å². The molecule has 0 radical (unpaired) electrons. The summed E-state index contributed by atoms with van der Waals surface area (Å²) in [7, 11) is 1.86. The van der Waals surface area contributed by atoms with Gasteiger partial charge in [0.1, 0.15) is 6.33 Å². The second-order valence-corrected chi connectivity index (χ2v) is 3.45. The van der Waals surface area contributed by atoms with Gasteiger partial charge in [-0.1, -0.05) is 18.5 Å². The summed E-state index contributed by atoms with van der Waals surface area (Å²) in [6, 6.07) is 0. The lowest BCUT2D eigenvalue weighted by atomic mass is 10.3. The first kappa shape index (κ1) is 13.6. The predicted molar refractivity (Wildman–Crippen MR) is 68.7 cm³/mol. The number of hydrogen-bond acceptors (Lipinski definition) is 5. The summed E-state index contributed by atoms with van der Waals surface area (Å²) in [4.78, 5) is 3.97. The van der Waals surface area contributed by atoms with Crippen LogP contribution in [0.4, 0.5) is 0 Å². The van der Waals surface area contributed by atoms with Crippen LogP contribution in [0.25, 0.3) is 11.6 Å². The molecule has 0 aliphatic carbocycles. The van der Waals surface area contributed by atoms with Crippen LogP contribution in [0, 0.1) is 18.1 Å². The van der Waals surface area contributed by atoms with Gasteiger partial charge in [0.05, 0.1) is 11.6 Å². The maximum atomic E-state index is 5.16. The number of nitrogens with zero attached hydrogens (tertiary/aromatic N) is 4. The van der Waals surface area contributed by atoms with Gasteiger partial charge in [-0.15, -0.1) is 21.8 Å². The van der Waals surface area contributed by atoms with E-state index in [1.807, 2.05) is 14.0 Å². The maximum absolute atomic E-state index is 5.16. The zero-order chi connectivity index (χ0) is 12.7. The van der Waals surface area contributed by atoms with E-state index in [1.165, 1.54) is 6.39 Å². The van der Waals surface area contributed by atoms with Gasteiger partial charge in [-0.25, -0.2) is 4.98 Å². The molecule has 5 nitrogen and oxygen atoms in total. The molecule has 2 aromatic heterocycles. The molecule has 0 saturated heterocycles. The van der Waals surface area contributed by atoms with Crippen LogP contribution in [0.5, 0.6) is 0 Å². The first-order valence-electron chi connectivity index (χ1n) is 4.63. The van der Waals surface area contributed by atoms with Crippen LogP contribution in [0.2, 0.25) is 0 Å². The Morgan fingerprint density at radius 1 is 1.59 bits per heavy atom. The molecule has 7 heteroatoms. The van der Waals surface area contributed by atoms with E-state index in [4.69, 9.17) is 16.0 Å². The van der Waals surface area contributed by atoms with Crippen molar-refractivity contribution in [1.29, 1.82) is 0 Å². The standard InChI is InChI=1S/C7H8N4O.C3H3ClS/c1-5-6(12-4-8-5)7-10-9-3-11(7)2;4-2-1-3-5/h3-4H,1-2H3;5H,2H2. The fourth-order valence-electron chi connectivity index (χ4n) is 1.04. The van der Waals surface area contributed by atoms with Crippen LogP contribution >= 0.6 is 24.2 Å². The van der Waals surface area contributed by atoms with Crippen molar-refractivity contribution >= 4 is 24.2 Å². The van der Waals surface area contributed by atoms with Gasteiger partial charge >= 0.3 is 0 Å². The number of aromatic nitrogens is 4. The van der Waals surface area contributed by atoms with Gasteiger partial charge in [-0.2, -0.15) is 0 Å². The number of oxazole rings is 1. The Balaban J connectivity index is 0.000000249. The molecule has 0 fully saturated rings. The highest BCUT2D eigenvalue weighted by atomic mass is 35.5. The number of hydrogen-bond donors (Lipinski definition) is 1. The van der Waals surface area contributed by atoms with Crippen molar-refractivity contribution in [3.05, 3.63) is 18.4 Å². The molecule has 2 aromatic rings. The number of halogens is 1. The van der Waals surface area contributed by atoms with Crippen LogP contribution in [0.3, 0.4) is 0 Å². The highest BCUT2D eigenvalue weighted by molar-refractivity contribution is 7.85. The Kier molecular flexibility index (Phi) is 5.60. The molecule has 0 saturated carbocycles. The number of rotatable bonds is 1. The summed E-state index contributed by atoms with van der Waals surface area (Å²) in [6.45, 7) is 1.87. The minimum absolute atomic E-state index is 0.378. The van der Waals surface area contributed by atoms with E-state index in [0.29, 0.717) is 17.5 Å². The second-order valence-electron chi connectivity index (χ2n) is 2.95. The molecular weight excluding hydrogens is 260 g/mol. The fourth-order valence-corrected chi connectivity index (χ4v) is 1.27. The first-order valence-corrected chi connectivity index (χ1v) is 5.61. The van der Waals surface area contributed by atoms with Crippen molar-refractivity contribution in [3.63, 3.8) is 0 Å². The first-order chi connectivity index (χ1) is 8.20. The molecule has 90 valence electrons. The zero-order valence-corrected chi connectivity index (χ0v) is 11.0. The Morgan fingerprint density at radius 2 is 2.35 bits per heavy atom. The Hall–Kier alpha value is -1.45. The summed E-state index contributed by atoms with van der Waals surface area (Å²) < 4.78 is 6.94. The third kappa shape index (κ3) is 3.80. The molecule has 0 spiro atoms. The summed E-state index contributed by atoms with van der Waals surface area (Å²) in [5.41, 5.74) is 0.825. The zero-order valence-electron chi connectivity index (χ0n) is 9.38. The van der Waals surface area contributed by atoms with Gasteiger partial charge in [-0.3, -0.25) is 0 Å². The maximum Gasteiger partial charge on any atom is 0.201 e. The molecule has 17 heavy (non-hydrogen) atoms. The van der Waals surface area contributed by atoms with Crippen molar-refractivity contribution in [2.75, 3.05) is 5.88 Å². The van der Waals surface area contributed by atoms with Crippen molar-refractivity contribution in [3.8, 4) is 22.8 Å². The predicted octanol–water partition coefficient (Wildman–Crippen LogP) is 1.89. The van der Waals surface area contributed by atoms with Crippen molar-refractivity contribution in [2.24, 2.45) is 7.05 Å². The normalized spacial score (nSPS) is 8.94. The molecule has 0 N–H and O–H groups in total. The lowest BCUT2D eigenvalue weighted by molar-refractivity contribution is 0.563. The van der Waals surface area contributed by atoms with Crippen LogP contribution in [-0.2, 0) is 7.05 Å². The average Bonchev–Trinajstić information content (AvgIpc) is 2.89.